The van der Waals surface area contributed by atoms with Crippen molar-refractivity contribution in [2.45, 2.75) is 31.8 Å². The highest BCUT2D eigenvalue weighted by Crippen LogP contribution is 2.16. The summed E-state index contributed by atoms with van der Waals surface area (Å²) in [6, 6.07) is 6.35. The van der Waals surface area contributed by atoms with Crippen LogP contribution in [0.5, 0.6) is 0 Å². The average Bonchev–Trinajstić information content (AvgIpc) is 3.14. The number of hydrogen-bond donors (Lipinski definition) is 0. The van der Waals surface area contributed by atoms with Gasteiger partial charge in [-0.3, -0.25) is 9.59 Å². The summed E-state index contributed by atoms with van der Waals surface area (Å²) in [6.07, 6.45) is 2.34. The van der Waals surface area contributed by atoms with Crippen molar-refractivity contribution >= 4 is 11.8 Å². The number of carbonyl (C=O) groups is 2. The number of carbonyl (C=O) groups excluding carboxylic acids is 2. The summed E-state index contributed by atoms with van der Waals surface area (Å²) in [4.78, 5) is 28.2. The van der Waals surface area contributed by atoms with Gasteiger partial charge in [0.15, 0.2) is 0 Å². The third-order valence-corrected chi connectivity index (χ3v) is 4.67. The summed E-state index contributed by atoms with van der Waals surface area (Å²) in [5.41, 5.74) is 0.829. The zero-order valence-corrected chi connectivity index (χ0v) is 13.7. The first kappa shape index (κ1) is 16.9. The average molecular weight is 334 g/mol. The molecule has 24 heavy (non-hydrogen) atoms. The molecule has 1 aromatic carbocycles. The zero-order valence-electron chi connectivity index (χ0n) is 13.7. The van der Waals surface area contributed by atoms with Crippen molar-refractivity contribution in [3.8, 4) is 0 Å². The van der Waals surface area contributed by atoms with Gasteiger partial charge in [-0.25, -0.2) is 4.39 Å². The highest BCUT2D eigenvalue weighted by atomic mass is 19.1. The molecule has 3 rings (SSSR count). The van der Waals surface area contributed by atoms with E-state index < -0.39 is 0 Å². The highest BCUT2D eigenvalue weighted by molar-refractivity contribution is 5.82. The molecule has 0 aromatic heterocycles. The molecule has 5 nitrogen and oxygen atoms in total. The van der Waals surface area contributed by atoms with Crippen LogP contribution in [0.25, 0.3) is 0 Å². The lowest BCUT2D eigenvalue weighted by molar-refractivity contribution is -0.146. The van der Waals surface area contributed by atoms with Gasteiger partial charge in [0.05, 0.1) is 0 Å². The summed E-state index contributed by atoms with van der Waals surface area (Å²) in [5, 5.41) is 0. The molecule has 0 N–H and O–H groups in total. The van der Waals surface area contributed by atoms with Crippen LogP contribution in [0.2, 0.25) is 0 Å². The molecule has 1 unspecified atom stereocenters. The summed E-state index contributed by atoms with van der Waals surface area (Å²) >= 11 is 0. The number of amides is 2. The second kappa shape index (κ2) is 7.75. The molecule has 0 spiro atoms. The Morgan fingerprint density at radius 2 is 1.92 bits per heavy atom. The van der Waals surface area contributed by atoms with Crippen LogP contribution < -0.4 is 0 Å². The van der Waals surface area contributed by atoms with E-state index in [1.54, 1.807) is 15.9 Å². The van der Waals surface area contributed by atoms with E-state index in [1.165, 1.54) is 12.1 Å². The summed E-state index contributed by atoms with van der Waals surface area (Å²) in [5.74, 6) is -0.163. The largest absolute Gasteiger partial charge is 0.368 e. The van der Waals surface area contributed by atoms with E-state index >= 15 is 0 Å². The summed E-state index contributed by atoms with van der Waals surface area (Å²) in [6.45, 7) is 2.89. The highest BCUT2D eigenvalue weighted by Gasteiger charge is 2.31. The molecule has 0 aliphatic carbocycles. The SMILES string of the molecule is O=C(CCc1cccc(F)c1)N1CCN(C(=O)C2CCCO2)CC1. The van der Waals surface area contributed by atoms with Gasteiger partial charge in [-0.15, -0.1) is 0 Å². The molecule has 2 amide bonds. The quantitative estimate of drug-likeness (QED) is 0.840. The van der Waals surface area contributed by atoms with Crippen molar-refractivity contribution in [2.24, 2.45) is 0 Å². The predicted molar refractivity (Wildman–Crippen MR) is 86.9 cm³/mol. The van der Waals surface area contributed by atoms with Crippen molar-refractivity contribution in [2.75, 3.05) is 32.8 Å². The Balaban J connectivity index is 1.44. The number of rotatable bonds is 4. The van der Waals surface area contributed by atoms with E-state index in [4.69, 9.17) is 4.74 Å². The predicted octanol–water partition coefficient (Wildman–Crippen LogP) is 1.61. The molecule has 0 saturated carbocycles. The fourth-order valence-electron chi connectivity index (χ4n) is 3.25. The van der Waals surface area contributed by atoms with Gasteiger partial charge in [0, 0.05) is 39.2 Å². The van der Waals surface area contributed by atoms with E-state index in [-0.39, 0.29) is 23.7 Å². The minimum atomic E-state index is -0.291. The monoisotopic (exact) mass is 334 g/mol. The fraction of sp³-hybridized carbons (Fsp3) is 0.556. The van der Waals surface area contributed by atoms with Gasteiger partial charge in [0.1, 0.15) is 11.9 Å². The molecule has 2 aliphatic heterocycles. The first-order valence-corrected chi connectivity index (χ1v) is 8.56. The van der Waals surface area contributed by atoms with Crippen molar-refractivity contribution in [1.82, 2.24) is 9.80 Å². The Hall–Kier alpha value is -1.95. The first-order chi connectivity index (χ1) is 11.6. The number of nitrogens with zero attached hydrogens (tertiary/aromatic N) is 2. The Morgan fingerprint density at radius 1 is 1.17 bits per heavy atom. The van der Waals surface area contributed by atoms with Crippen LogP contribution in [-0.2, 0) is 20.7 Å². The number of halogens is 1. The van der Waals surface area contributed by atoms with Gasteiger partial charge in [-0.05, 0) is 37.0 Å². The number of ether oxygens (including phenoxy) is 1. The molecule has 6 heteroatoms. The Morgan fingerprint density at radius 3 is 2.58 bits per heavy atom. The summed E-state index contributed by atoms with van der Waals surface area (Å²) in [7, 11) is 0. The molecule has 0 bridgehead atoms. The van der Waals surface area contributed by atoms with E-state index in [0.717, 1.165) is 18.4 Å². The first-order valence-electron chi connectivity index (χ1n) is 8.56. The lowest BCUT2D eigenvalue weighted by Gasteiger charge is -2.35. The maximum Gasteiger partial charge on any atom is 0.251 e. The van der Waals surface area contributed by atoms with Crippen LogP contribution in [0.3, 0.4) is 0 Å². The smallest absolute Gasteiger partial charge is 0.251 e. The molecular formula is C18H23FN2O3. The summed E-state index contributed by atoms with van der Waals surface area (Å²) < 4.78 is 18.6. The number of hydrogen-bond acceptors (Lipinski definition) is 3. The third-order valence-electron chi connectivity index (χ3n) is 4.67. The number of aryl methyl sites for hydroxylation is 1. The van der Waals surface area contributed by atoms with E-state index in [0.29, 0.717) is 45.6 Å². The minimum absolute atomic E-state index is 0.0550. The molecule has 0 radical (unpaired) electrons. The topological polar surface area (TPSA) is 49.9 Å². The molecule has 1 aromatic rings. The lowest BCUT2D eigenvalue weighted by Crippen LogP contribution is -2.52. The van der Waals surface area contributed by atoms with Gasteiger partial charge >= 0.3 is 0 Å². The maximum absolute atomic E-state index is 13.2. The van der Waals surface area contributed by atoms with Crippen LogP contribution in [-0.4, -0.2) is 60.5 Å². The standard InChI is InChI=1S/C18H23FN2O3/c19-15-4-1-3-14(13-15)6-7-17(22)20-8-10-21(11-9-20)18(23)16-5-2-12-24-16/h1,3-4,13,16H,2,5-12H2. The molecule has 2 aliphatic rings. The molecule has 2 saturated heterocycles. The van der Waals surface area contributed by atoms with Crippen LogP contribution in [0.1, 0.15) is 24.8 Å². The van der Waals surface area contributed by atoms with Crippen molar-refractivity contribution in [3.63, 3.8) is 0 Å². The number of benzene rings is 1. The zero-order chi connectivity index (χ0) is 16.9. The van der Waals surface area contributed by atoms with Gasteiger partial charge < -0.3 is 14.5 Å². The van der Waals surface area contributed by atoms with Crippen molar-refractivity contribution in [3.05, 3.63) is 35.6 Å². The number of piperazine rings is 1. The van der Waals surface area contributed by atoms with Crippen molar-refractivity contribution < 1.29 is 18.7 Å². The Bertz CT molecular complexity index is 594. The third kappa shape index (κ3) is 4.12. The van der Waals surface area contributed by atoms with Gasteiger partial charge in [-0.2, -0.15) is 0 Å². The van der Waals surface area contributed by atoms with Gasteiger partial charge in [0.25, 0.3) is 5.91 Å². The van der Waals surface area contributed by atoms with Gasteiger partial charge in [-0.1, -0.05) is 12.1 Å². The van der Waals surface area contributed by atoms with E-state index in [1.807, 2.05) is 6.07 Å². The fourth-order valence-corrected chi connectivity index (χ4v) is 3.25. The second-order valence-corrected chi connectivity index (χ2v) is 6.34. The van der Waals surface area contributed by atoms with Crippen LogP contribution in [0.4, 0.5) is 4.39 Å². The van der Waals surface area contributed by atoms with Crippen molar-refractivity contribution in [1.29, 1.82) is 0 Å². The Kier molecular flexibility index (Phi) is 5.45. The normalized spacial score (nSPS) is 21.1. The molecule has 130 valence electrons. The van der Waals surface area contributed by atoms with E-state index in [2.05, 4.69) is 0 Å². The lowest BCUT2D eigenvalue weighted by atomic mass is 10.1. The molecule has 2 heterocycles. The molecule has 2 fully saturated rings. The van der Waals surface area contributed by atoms with Crippen LogP contribution >= 0.6 is 0 Å². The van der Waals surface area contributed by atoms with Crippen LogP contribution in [0, 0.1) is 5.82 Å². The van der Waals surface area contributed by atoms with Crippen LogP contribution in [0.15, 0.2) is 24.3 Å². The second-order valence-electron chi connectivity index (χ2n) is 6.34. The molecular weight excluding hydrogens is 311 g/mol. The Labute approximate surface area is 141 Å². The van der Waals surface area contributed by atoms with E-state index in [9.17, 15) is 14.0 Å². The minimum Gasteiger partial charge on any atom is -0.368 e. The van der Waals surface area contributed by atoms with Gasteiger partial charge in [0.2, 0.25) is 5.91 Å². The molecule has 1 atom stereocenters. The maximum atomic E-state index is 13.2.